The van der Waals surface area contributed by atoms with Gasteiger partial charge in [-0.25, -0.2) is 13.9 Å². The van der Waals surface area contributed by atoms with E-state index in [9.17, 15) is 9.18 Å². The van der Waals surface area contributed by atoms with Crippen molar-refractivity contribution in [2.24, 2.45) is 0 Å². The van der Waals surface area contributed by atoms with Gasteiger partial charge in [-0.2, -0.15) is 4.98 Å². The number of esters is 1. The summed E-state index contributed by atoms with van der Waals surface area (Å²) in [6.07, 6.45) is 0. The molecule has 3 aromatic rings. The van der Waals surface area contributed by atoms with Crippen molar-refractivity contribution < 1.29 is 18.7 Å². The van der Waals surface area contributed by atoms with Crippen LogP contribution in [0.3, 0.4) is 0 Å². The molecule has 2 aromatic carbocycles. The maximum absolute atomic E-state index is 14.3. The summed E-state index contributed by atoms with van der Waals surface area (Å²) in [5.74, 6) is 0.470. The van der Waals surface area contributed by atoms with Crippen LogP contribution < -0.4 is 10.1 Å². The molecule has 0 radical (unpaired) electrons. The Kier molecular flexibility index (Phi) is 5.22. The third kappa shape index (κ3) is 3.41. The zero-order valence-electron chi connectivity index (χ0n) is 16.8. The van der Waals surface area contributed by atoms with Crippen molar-refractivity contribution in [3.8, 4) is 17.1 Å². The van der Waals surface area contributed by atoms with Crippen molar-refractivity contribution in [2.45, 2.75) is 19.9 Å². The maximum Gasteiger partial charge on any atom is 0.338 e. The molecule has 1 aliphatic heterocycles. The lowest BCUT2D eigenvalue weighted by Gasteiger charge is -2.28. The van der Waals surface area contributed by atoms with Gasteiger partial charge in [0.05, 0.1) is 24.9 Å². The molecule has 0 amide bonds. The number of hydrogen-bond donors (Lipinski definition) is 1. The first-order valence-electron chi connectivity index (χ1n) is 9.53. The van der Waals surface area contributed by atoms with Crippen molar-refractivity contribution in [1.82, 2.24) is 14.8 Å². The van der Waals surface area contributed by atoms with Gasteiger partial charge in [-0.15, -0.1) is 5.10 Å². The first-order valence-corrected chi connectivity index (χ1v) is 9.53. The molecule has 0 spiro atoms. The number of carbonyl (C=O) groups is 1. The lowest BCUT2D eigenvalue weighted by molar-refractivity contribution is -0.139. The van der Waals surface area contributed by atoms with E-state index in [0.29, 0.717) is 23.0 Å². The molecule has 8 heteroatoms. The molecule has 1 aromatic heterocycles. The Morgan fingerprint density at radius 3 is 2.60 bits per heavy atom. The largest absolute Gasteiger partial charge is 0.497 e. The van der Waals surface area contributed by atoms with Crippen LogP contribution in [0.25, 0.3) is 11.4 Å². The van der Waals surface area contributed by atoms with E-state index in [0.717, 1.165) is 5.56 Å². The van der Waals surface area contributed by atoms with Gasteiger partial charge in [0.2, 0.25) is 5.95 Å². The number of allylic oxidation sites excluding steroid dienone is 1. The molecule has 1 atom stereocenters. The van der Waals surface area contributed by atoms with Gasteiger partial charge >= 0.3 is 5.97 Å². The van der Waals surface area contributed by atoms with Gasteiger partial charge in [0.15, 0.2) is 5.82 Å². The van der Waals surface area contributed by atoms with E-state index < -0.39 is 17.8 Å². The van der Waals surface area contributed by atoms with E-state index >= 15 is 0 Å². The molecule has 0 saturated heterocycles. The number of ether oxygens (including phenoxy) is 2. The van der Waals surface area contributed by atoms with E-state index in [1.807, 2.05) is 24.3 Å². The monoisotopic (exact) mass is 408 g/mol. The Morgan fingerprint density at radius 1 is 1.20 bits per heavy atom. The average Bonchev–Trinajstić information content (AvgIpc) is 3.16. The van der Waals surface area contributed by atoms with E-state index in [2.05, 4.69) is 15.4 Å². The van der Waals surface area contributed by atoms with Crippen molar-refractivity contribution in [3.05, 3.63) is 71.2 Å². The molecule has 2 heterocycles. The summed E-state index contributed by atoms with van der Waals surface area (Å²) < 4.78 is 26.4. The number of methoxy groups -OCH3 is 1. The Labute approximate surface area is 173 Å². The van der Waals surface area contributed by atoms with Crippen LogP contribution in [0.1, 0.15) is 25.5 Å². The summed E-state index contributed by atoms with van der Waals surface area (Å²) >= 11 is 0. The van der Waals surface area contributed by atoms with Crippen LogP contribution in [-0.4, -0.2) is 34.5 Å². The van der Waals surface area contributed by atoms with E-state index in [-0.39, 0.29) is 18.0 Å². The zero-order chi connectivity index (χ0) is 21.3. The number of nitrogens with one attached hydrogen (secondary N) is 1. The third-order valence-corrected chi connectivity index (χ3v) is 4.89. The quantitative estimate of drug-likeness (QED) is 0.644. The van der Waals surface area contributed by atoms with Crippen LogP contribution in [-0.2, 0) is 9.53 Å². The highest BCUT2D eigenvalue weighted by Crippen LogP contribution is 2.37. The Hall–Kier alpha value is -3.68. The van der Waals surface area contributed by atoms with Gasteiger partial charge in [0, 0.05) is 5.70 Å². The summed E-state index contributed by atoms with van der Waals surface area (Å²) in [7, 11) is 1.59. The summed E-state index contributed by atoms with van der Waals surface area (Å²) in [6.45, 7) is 3.78. The molecule has 1 unspecified atom stereocenters. The molecule has 7 nitrogen and oxygen atoms in total. The first kappa shape index (κ1) is 19.6. The van der Waals surface area contributed by atoms with Gasteiger partial charge in [0.25, 0.3) is 0 Å². The van der Waals surface area contributed by atoms with Crippen molar-refractivity contribution in [1.29, 1.82) is 0 Å². The van der Waals surface area contributed by atoms with Crippen LogP contribution in [0, 0.1) is 5.82 Å². The molecule has 1 N–H and O–H groups in total. The second-order valence-electron chi connectivity index (χ2n) is 6.74. The summed E-state index contributed by atoms with van der Waals surface area (Å²) in [5, 5.41) is 7.64. The molecule has 30 heavy (non-hydrogen) atoms. The smallest absolute Gasteiger partial charge is 0.338 e. The van der Waals surface area contributed by atoms with Crippen LogP contribution in [0.15, 0.2) is 59.8 Å². The Morgan fingerprint density at radius 2 is 1.93 bits per heavy atom. The minimum absolute atomic E-state index is 0.229. The van der Waals surface area contributed by atoms with E-state index in [1.165, 1.54) is 6.07 Å². The fraction of sp³-hybridized carbons (Fsp3) is 0.227. The molecule has 0 fully saturated rings. The molecule has 0 saturated carbocycles. The fourth-order valence-electron chi connectivity index (χ4n) is 3.48. The number of benzene rings is 2. The summed E-state index contributed by atoms with van der Waals surface area (Å²) in [6, 6.07) is 13.1. The van der Waals surface area contributed by atoms with Crippen molar-refractivity contribution >= 4 is 11.9 Å². The molecule has 1 aliphatic rings. The predicted octanol–water partition coefficient (Wildman–Crippen LogP) is 3.94. The summed E-state index contributed by atoms with van der Waals surface area (Å²) in [5.41, 5.74) is 2.10. The molecular formula is C22H21FN4O3. The minimum Gasteiger partial charge on any atom is -0.497 e. The molecule has 0 aliphatic carbocycles. The third-order valence-electron chi connectivity index (χ3n) is 4.89. The number of aromatic nitrogens is 3. The molecular weight excluding hydrogens is 387 g/mol. The minimum atomic E-state index is -0.584. The van der Waals surface area contributed by atoms with Gasteiger partial charge in [-0.1, -0.05) is 24.3 Å². The number of hydrogen-bond acceptors (Lipinski definition) is 6. The van der Waals surface area contributed by atoms with Crippen LogP contribution in [0.5, 0.6) is 5.75 Å². The lowest BCUT2D eigenvalue weighted by atomic mass is 9.96. The standard InChI is InChI=1S/C22H21FN4O3/c1-4-30-21(28)18-13(2)24-22-25-20(16-7-5-6-8-17(16)23)26-27(22)19(18)14-9-11-15(29-3)12-10-14/h5-12,19H,4H2,1-3H3,(H,24,25,26). The average molecular weight is 408 g/mol. The topological polar surface area (TPSA) is 78.3 Å². The Bertz CT molecular complexity index is 1120. The summed E-state index contributed by atoms with van der Waals surface area (Å²) in [4.78, 5) is 17.3. The lowest BCUT2D eigenvalue weighted by Crippen LogP contribution is -2.29. The number of rotatable bonds is 5. The van der Waals surface area contributed by atoms with Crippen LogP contribution in [0.2, 0.25) is 0 Å². The Balaban J connectivity index is 1.86. The molecule has 0 bridgehead atoms. The van der Waals surface area contributed by atoms with Gasteiger partial charge < -0.3 is 14.8 Å². The first-order chi connectivity index (χ1) is 14.5. The molecule has 4 rings (SSSR count). The highest BCUT2D eigenvalue weighted by atomic mass is 19.1. The van der Waals surface area contributed by atoms with Gasteiger partial charge in [-0.3, -0.25) is 0 Å². The number of nitrogens with zero attached hydrogens (tertiary/aromatic N) is 3. The van der Waals surface area contributed by atoms with Crippen LogP contribution in [0.4, 0.5) is 10.3 Å². The second kappa shape index (κ2) is 7.98. The number of carbonyl (C=O) groups excluding carboxylic acids is 1. The van der Waals surface area contributed by atoms with Crippen molar-refractivity contribution in [3.63, 3.8) is 0 Å². The fourth-order valence-corrected chi connectivity index (χ4v) is 3.48. The van der Waals surface area contributed by atoms with Gasteiger partial charge in [0.1, 0.15) is 17.6 Å². The van der Waals surface area contributed by atoms with Gasteiger partial charge in [-0.05, 0) is 43.7 Å². The number of anilines is 1. The number of fused-ring (bicyclic) bond motifs is 1. The van der Waals surface area contributed by atoms with E-state index in [4.69, 9.17) is 9.47 Å². The highest BCUT2D eigenvalue weighted by molar-refractivity contribution is 5.92. The second-order valence-corrected chi connectivity index (χ2v) is 6.74. The maximum atomic E-state index is 14.3. The van der Waals surface area contributed by atoms with Crippen molar-refractivity contribution in [2.75, 3.05) is 19.0 Å². The SMILES string of the molecule is CCOC(=O)C1=C(C)Nc2nc(-c3ccccc3F)nn2C1c1ccc(OC)cc1. The predicted molar refractivity (Wildman–Crippen MR) is 110 cm³/mol. The number of halogens is 1. The van der Waals surface area contributed by atoms with Crippen LogP contribution >= 0.6 is 0 Å². The van der Waals surface area contributed by atoms with E-state index in [1.54, 1.807) is 43.8 Å². The normalized spacial score (nSPS) is 15.4. The zero-order valence-corrected chi connectivity index (χ0v) is 16.8. The molecule has 154 valence electrons. The highest BCUT2D eigenvalue weighted by Gasteiger charge is 2.35.